The van der Waals surface area contributed by atoms with Gasteiger partial charge in [0.05, 0.1) is 5.60 Å². The van der Waals surface area contributed by atoms with Gasteiger partial charge >= 0.3 is 0 Å². The van der Waals surface area contributed by atoms with Gasteiger partial charge in [-0.05, 0) is 43.2 Å². The van der Waals surface area contributed by atoms with Gasteiger partial charge < -0.3 is 10.4 Å². The highest BCUT2D eigenvalue weighted by molar-refractivity contribution is 5.83. The molecular formula is C16H21NO. The molecule has 1 unspecified atom stereocenters. The van der Waals surface area contributed by atoms with Crippen LogP contribution in [0, 0.1) is 0 Å². The Morgan fingerprint density at radius 2 is 1.78 bits per heavy atom. The fourth-order valence-electron chi connectivity index (χ4n) is 2.00. The van der Waals surface area contributed by atoms with E-state index in [0.29, 0.717) is 6.54 Å². The Kier molecular flexibility index (Phi) is 3.69. The van der Waals surface area contributed by atoms with Crippen LogP contribution in [-0.4, -0.2) is 17.3 Å². The third kappa shape index (κ3) is 3.31. The fourth-order valence-corrected chi connectivity index (χ4v) is 2.00. The Bertz CT molecular complexity index is 528. The summed E-state index contributed by atoms with van der Waals surface area (Å²) in [4.78, 5) is 0. The number of benzene rings is 2. The molecule has 1 atom stereocenters. The van der Waals surface area contributed by atoms with Gasteiger partial charge in [-0.15, -0.1) is 0 Å². The van der Waals surface area contributed by atoms with Crippen LogP contribution >= 0.6 is 0 Å². The first kappa shape index (κ1) is 13.1. The largest absolute Gasteiger partial charge is 0.389 e. The lowest BCUT2D eigenvalue weighted by Gasteiger charge is -2.22. The van der Waals surface area contributed by atoms with Crippen LogP contribution in [0.3, 0.4) is 0 Å². The third-order valence-corrected chi connectivity index (χ3v) is 3.11. The Morgan fingerprint density at radius 3 is 2.44 bits per heavy atom. The highest BCUT2D eigenvalue weighted by Gasteiger charge is 2.14. The quantitative estimate of drug-likeness (QED) is 0.864. The van der Waals surface area contributed by atoms with Gasteiger partial charge in [0.15, 0.2) is 0 Å². The van der Waals surface area contributed by atoms with Gasteiger partial charge in [-0.3, -0.25) is 0 Å². The van der Waals surface area contributed by atoms with Gasteiger partial charge in [0, 0.05) is 12.6 Å². The molecule has 0 aromatic heterocycles. The Morgan fingerprint density at radius 1 is 1.11 bits per heavy atom. The van der Waals surface area contributed by atoms with E-state index in [4.69, 9.17) is 0 Å². The van der Waals surface area contributed by atoms with E-state index in [9.17, 15) is 5.11 Å². The standard InChI is InChI=1S/C16H21NO/c1-12(17-11-16(2,3)18)14-9-8-13-6-4-5-7-15(13)10-14/h4-10,12,17-18H,11H2,1-3H3. The summed E-state index contributed by atoms with van der Waals surface area (Å²) in [5.41, 5.74) is 0.573. The van der Waals surface area contributed by atoms with E-state index in [1.165, 1.54) is 16.3 Å². The number of nitrogens with one attached hydrogen (secondary N) is 1. The summed E-state index contributed by atoms with van der Waals surface area (Å²) >= 11 is 0. The molecule has 2 nitrogen and oxygen atoms in total. The zero-order valence-corrected chi connectivity index (χ0v) is 11.3. The maximum atomic E-state index is 9.72. The van der Waals surface area contributed by atoms with Crippen LogP contribution in [0.4, 0.5) is 0 Å². The van der Waals surface area contributed by atoms with E-state index in [2.05, 4.69) is 54.7 Å². The van der Waals surface area contributed by atoms with E-state index in [0.717, 1.165) is 0 Å². The van der Waals surface area contributed by atoms with E-state index in [1.54, 1.807) is 0 Å². The Balaban J connectivity index is 2.15. The van der Waals surface area contributed by atoms with Gasteiger partial charge in [-0.25, -0.2) is 0 Å². The predicted octanol–water partition coefficient (Wildman–Crippen LogP) is 3.26. The molecule has 96 valence electrons. The molecule has 0 spiro atoms. The van der Waals surface area contributed by atoms with Crippen LogP contribution in [0.1, 0.15) is 32.4 Å². The minimum atomic E-state index is -0.675. The molecule has 2 aromatic carbocycles. The summed E-state index contributed by atoms with van der Waals surface area (Å²) in [7, 11) is 0. The minimum Gasteiger partial charge on any atom is -0.389 e. The first-order valence-electron chi connectivity index (χ1n) is 6.40. The van der Waals surface area contributed by atoms with Crippen molar-refractivity contribution in [2.45, 2.75) is 32.4 Å². The summed E-state index contributed by atoms with van der Waals surface area (Å²) in [6.07, 6.45) is 0. The molecule has 2 N–H and O–H groups in total. The first-order chi connectivity index (χ1) is 8.46. The summed E-state index contributed by atoms with van der Waals surface area (Å²) < 4.78 is 0. The molecule has 0 fully saturated rings. The average molecular weight is 243 g/mol. The maximum absolute atomic E-state index is 9.72. The normalized spacial score (nSPS) is 13.8. The molecule has 0 radical (unpaired) electrons. The van der Waals surface area contributed by atoms with Gasteiger partial charge in [0.2, 0.25) is 0 Å². The van der Waals surface area contributed by atoms with E-state index in [1.807, 2.05) is 13.8 Å². The van der Waals surface area contributed by atoms with Crippen LogP contribution < -0.4 is 5.32 Å². The molecule has 2 aromatic rings. The highest BCUT2D eigenvalue weighted by Crippen LogP contribution is 2.20. The average Bonchev–Trinajstić information content (AvgIpc) is 2.34. The van der Waals surface area contributed by atoms with Crippen molar-refractivity contribution >= 4 is 10.8 Å². The summed E-state index contributed by atoms with van der Waals surface area (Å²) in [5.74, 6) is 0. The molecule has 0 aliphatic heterocycles. The zero-order chi connectivity index (χ0) is 13.2. The number of rotatable bonds is 4. The van der Waals surface area contributed by atoms with E-state index in [-0.39, 0.29) is 6.04 Å². The molecule has 2 rings (SSSR count). The molecule has 0 amide bonds. The monoisotopic (exact) mass is 243 g/mol. The Hall–Kier alpha value is -1.38. The molecule has 0 bridgehead atoms. The molecule has 0 heterocycles. The molecular weight excluding hydrogens is 222 g/mol. The van der Waals surface area contributed by atoms with Crippen LogP contribution in [0.15, 0.2) is 42.5 Å². The second kappa shape index (κ2) is 5.09. The van der Waals surface area contributed by atoms with Crippen molar-refractivity contribution in [3.63, 3.8) is 0 Å². The van der Waals surface area contributed by atoms with Crippen LogP contribution in [0.2, 0.25) is 0 Å². The van der Waals surface area contributed by atoms with Crippen LogP contribution in [0.25, 0.3) is 10.8 Å². The minimum absolute atomic E-state index is 0.237. The lowest BCUT2D eigenvalue weighted by Crippen LogP contribution is -2.36. The number of hydrogen-bond acceptors (Lipinski definition) is 2. The van der Waals surface area contributed by atoms with Crippen molar-refractivity contribution in [3.8, 4) is 0 Å². The smallest absolute Gasteiger partial charge is 0.0715 e. The number of hydrogen-bond donors (Lipinski definition) is 2. The maximum Gasteiger partial charge on any atom is 0.0715 e. The highest BCUT2D eigenvalue weighted by atomic mass is 16.3. The van der Waals surface area contributed by atoms with Crippen molar-refractivity contribution in [2.75, 3.05) is 6.54 Å². The second-order valence-electron chi connectivity index (χ2n) is 5.52. The van der Waals surface area contributed by atoms with Crippen molar-refractivity contribution in [2.24, 2.45) is 0 Å². The first-order valence-corrected chi connectivity index (χ1v) is 6.40. The summed E-state index contributed by atoms with van der Waals surface area (Å²) in [6, 6.07) is 15.1. The lowest BCUT2D eigenvalue weighted by atomic mass is 10.0. The van der Waals surface area contributed by atoms with Crippen molar-refractivity contribution < 1.29 is 5.11 Å². The topological polar surface area (TPSA) is 32.3 Å². The van der Waals surface area contributed by atoms with Crippen molar-refractivity contribution in [3.05, 3.63) is 48.0 Å². The molecule has 18 heavy (non-hydrogen) atoms. The third-order valence-electron chi connectivity index (χ3n) is 3.11. The van der Waals surface area contributed by atoms with Gasteiger partial charge in [0.25, 0.3) is 0 Å². The van der Waals surface area contributed by atoms with Crippen molar-refractivity contribution in [1.29, 1.82) is 0 Å². The molecule has 0 saturated heterocycles. The Labute approximate surface area is 109 Å². The van der Waals surface area contributed by atoms with E-state index < -0.39 is 5.60 Å². The van der Waals surface area contributed by atoms with Gasteiger partial charge in [-0.2, -0.15) is 0 Å². The molecule has 0 aliphatic carbocycles. The molecule has 0 aliphatic rings. The molecule has 0 saturated carbocycles. The van der Waals surface area contributed by atoms with E-state index >= 15 is 0 Å². The molecule has 2 heteroatoms. The summed E-state index contributed by atoms with van der Waals surface area (Å²) in [6.45, 7) is 6.33. The van der Waals surface area contributed by atoms with Crippen molar-refractivity contribution in [1.82, 2.24) is 5.32 Å². The predicted molar refractivity (Wildman–Crippen MR) is 76.7 cm³/mol. The number of fused-ring (bicyclic) bond motifs is 1. The SMILES string of the molecule is CC(NCC(C)(C)O)c1ccc2ccccc2c1. The second-order valence-corrected chi connectivity index (χ2v) is 5.52. The van der Waals surface area contributed by atoms with Crippen LogP contribution in [0.5, 0.6) is 0 Å². The fraction of sp³-hybridized carbons (Fsp3) is 0.375. The van der Waals surface area contributed by atoms with Crippen LogP contribution in [-0.2, 0) is 0 Å². The van der Waals surface area contributed by atoms with Gasteiger partial charge in [-0.1, -0.05) is 36.4 Å². The summed E-state index contributed by atoms with van der Waals surface area (Å²) in [5, 5.41) is 15.6. The lowest BCUT2D eigenvalue weighted by molar-refractivity contribution is 0.0770. The zero-order valence-electron chi connectivity index (χ0n) is 11.3. The van der Waals surface area contributed by atoms with Gasteiger partial charge in [0.1, 0.15) is 0 Å². The number of aliphatic hydroxyl groups is 1.